The lowest BCUT2D eigenvalue weighted by Gasteiger charge is -2.07. The van der Waals surface area contributed by atoms with Crippen LogP contribution >= 0.6 is 11.8 Å². The zero-order valence-electron chi connectivity index (χ0n) is 8.90. The van der Waals surface area contributed by atoms with Crippen molar-refractivity contribution in [3.05, 3.63) is 42.1 Å². The van der Waals surface area contributed by atoms with Crippen molar-refractivity contribution in [3.8, 4) is 5.75 Å². The third-order valence-electron chi connectivity index (χ3n) is 3.13. The number of rotatable bonds is 2. The molecule has 0 aromatic heterocycles. The van der Waals surface area contributed by atoms with Crippen LogP contribution < -0.4 is 11.1 Å². The van der Waals surface area contributed by atoms with Gasteiger partial charge < -0.3 is 16.2 Å². The average Bonchev–Trinajstić information content (AvgIpc) is 3.06. The predicted octanol–water partition coefficient (Wildman–Crippen LogP) is 2.42. The van der Waals surface area contributed by atoms with E-state index in [0.717, 1.165) is 15.7 Å². The molecule has 2 aliphatic rings. The Morgan fingerprint density at radius 1 is 1.24 bits per heavy atom. The van der Waals surface area contributed by atoms with Crippen LogP contribution in [0.25, 0.3) is 10.8 Å². The number of phenolic OH excluding ortho intramolecular Hbond substituents is 1. The van der Waals surface area contributed by atoms with Crippen LogP contribution in [0.3, 0.4) is 0 Å². The number of fused-ring (bicyclic) bond motifs is 2. The normalized spacial score (nSPS) is 23.9. The first kappa shape index (κ1) is 9.24. The van der Waals surface area contributed by atoms with Crippen molar-refractivity contribution < 1.29 is 5.11 Å². The summed E-state index contributed by atoms with van der Waals surface area (Å²) >= 11 is 1.72. The van der Waals surface area contributed by atoms with Crippen LogP contribution in [-0.4, -0.2) is 9.98 Å². The second kappa shape index (κ2) is 2.71. The van der Waals surface area contributed by atoms with Crippen molar-refractivity contribution in [1.82, 2.24) is 5.32 Å². The minimum Gasteiger partial charge on any atom is -0.507 e. The first-order valence-electron chi connectivity index (χ1n) is 5.39. The van der Waals surface area contributed by atoms with Gasteiger partial charge in [0.25, 0.3) is 0 Å². The minimum atomic E-state index is 0.0838. The van der Waals surface area contributed by atoms with Gasteiger partial charge in [-0.25, -0.2) is 0 Å². The second-order valence-electron chi connectivity index (χ2n) is 4.44. The molecule has 1 fully saturated rings. The molecule has 1 atom stereocenters. The van der Waals surface area contributed by atoms with Crippen molar-refractivity contribution in [1.29, 1.82) is 0 Å². The SMILES string of the molecule is Nc1ccc2c(O)cc(SC34C=C3N4)cc2c1. The summed E-state index contributed by atoms with van der Waals surface area (Å²) in [5, 5.41) is 15.1. The monoisotopic (exact) mass is 242 g/mol. The van der Waals surface area contributed by atoms with E-state index in [-0.39, 0.29) is 4.87 Å². The second-order valence-corrected chi connectivity index (χ2v) is 5.76. The van der Waals surface area contributed by atoms with Gasteiger partial charge in [0.1, 0.15) is 10.6 Å². The maximum Gasteiger partial charge on any atom is 0.149 e. The topological polar surface area (TPSA) is 68.2 Å². The Balaban J connectivity index is 1.82. The molecule has 2 aromatic carbocycles. The number of nitrogen functional groups attached to an aromatic ring is 1. The molecule has 1 aliphatic carbocycles. The molecule has 1 aliphatic heterocycles. The summed E-state index contributed by atoms with van der Waals surface area (Å²) < 4.78 is 0. The van der Waals surface area contributed by atoms with E-state index in [1.807, 2.05) is 18.2 Å². The van der Waals surface area contributed by atoms with Crippen LogP contribution in [0.15, 0.2) is 47.0 Å². The highest BCUT2D eigenvalue weighted by molar-refractivity contribution is 8.01. The zero-order valence-corrected chi connectivity index (χ0v) is 9.71. The lowest BCUT2D eigenvalue weighted by Crippen LogP contribution is -1.99. The van der Waals surface area contributed by atoms with Gasteiger partial charge in [0.05, 0.1) is 5.70 Å². The summed E-state index contributed by atoms with van der Waals surface area (Å²) in [5.74, 6) is 0.309. The average molecular weight is 242 g/mol. The van der Waals surface area contributed by atoms with Gasteiger partial charge in [-0.05, 0) is 41.8 Å². The third-order valence-corrected chi connectivity index (χ3v) is 4.36. The van der Waals surface area contributed by atoms with Crippen LogP contribution in [0.4, 0.5) is 5.69 Å². The van der Waals surface area contributed by atoms with E-state index >= 15 is 0 Å². The Bertz CT molecular complexity index is 695. The number of nitrogens with two attached hydrogens (primary N) is 1. The Hall–Kier alpha value is -1.81. The lowest BCUT2D eigenvalue weighted by molar-refractivity contribution is 0.480. The van der Waals surface area contributed by atoms with Gasteiger partial charge in [0, 0.05) is 16.0 Å². The van der Waals surface area contributed by atoms with Gasteiger partial charge in [-0.2, -0.15) is 0 Å². The van der Waals surface area contributed by atoms with Crippen LogP contribution in [0, 0.1) is 0 Å². The third kappa shape index (κ3) is 1.31. The number of phenols is 1. The Kier molecular flexibility index (Phi) is 1.47. The van der Waals surface area contributed by atoms with E-state index in [2.05, 4.69) is 17.5 Å². The van der Waals surface area contributed by atoms with Gasteiger partial charge in [-0.3, -0.25) is 0 Å². The molecular weight excluding hydrogens is 232 g/mol. The highest BCUT2D eigenvalue weighted by Gasteiger charge is 2.60. The molecule has 3 nitrogen and oxygen atoms in total. The summed E-state index contributed by atoms with van der Waals surface area (Å²) in [6.45, 7) is 0. The minimum absolute atomic E-state index is 0.0838. The van der Waals surface area contributed by atoms with Crippen molar-refractivity contribution >= 4 is 28.2 Å². The number of benzene rings is 2. The highest BCUT2D eigenvalue weighted by Crippen LogP contribution is 2.59. The van der Waals surface area contributed by atoms with Crippen LogP contribution in [0.5, 0.6) is 5.75 Å². The first-order chi connectivity index (χ1) is 8.16. The van der Waals surface area contributed by atoms with Gasteiger partial charge in [0.15, 0.2) is 0 Å². The fraction of sp³-hybridized carbons (Fsp3) is 0.0769. The molecule has 4 N–H and O–H groups in total. The number of hydrogen-bond acceptors (Lipinski definition) is 4. The summed E-state index contributed by atoms with van der Waals surface area (Å²) in [5.41, 5.74) is 7.78. The Morgan fingerprint density at radius 3 is 2.71 bits per heavy atom. The molecule has 17 heavy (non-hydrogen) atoms. The Morgan fingerprint density at radius 2 is 2.00 bits per heavy atom. The number of aromatic hydroxyl groups is 1. The lowest BCUT2D eigenvalue weighted by atomic mass is 10.1. The van der Waals surface area contributed by atoms with Crippen LogP contribution in [-0.2, 0) is 0 Å². The van der Waals surface area contributed by atoms with Gasteiger partial charge in [-0.1, -0.05) is 11.8 Å². The molecule has 0 saturated carbocycles. The molecule has 1 heterocycles. The fourth-order valence-corrected chi connectivity index (χ4v) is 3.20. The summed E-state index contributed by atoms with van der Waals surface area (Å²) in [6, 6.07) is 9.41. The number of anilines is 1. The van der Waals surface area contributed by atoms with Gasteiger partial charge >= 0.3 is 0 Å². The van der Waals surface area contributed by atoms with Crippen molar-refractivity contribution in [3.63, 3.8) is 0 Å². The molecule has 0 bridgehead atoms. The van der Waals surface area contributed by atoms with E-state index in [9.17, 15) is 5.11 Å². The predicted molar refractivity (Wildman–Crippen MR) is 69.8 cm³/mol. The van der Waals surface area contributed by atoms with E-state index in [0.29, 0.717) is 11.4 Å². The molecule has 0 amide bonds. The molecule has 1 unspecified atom stereocenters. The van der Waals surface area contributed by atoms with Gasteiger partial charge in [-0.15, -0.1) is 0 Å². The molecule has 0 spiro atoms. The van der Waals surface area contributed by atoms with E-state index in [1.54, 1.807) is 17.8 Å². The van der Waals surface area contributed by atoms with E-state index in [1.165, 1.54) is 5.70 Å². The molecular formula is C13H10N2OS. The summed E-state index contributed by atoms with van der Waals surface area (Å²) in [6.07, 6.45) is 2.18. The molecule has 4 rings (SSSR count). The molecule has 2 aromatic rings. The maximum atomic E-state index is 9.98. The first-order valence-corrected chi connectivity index (χ1v) is 6.21. The molecule has 84 valence electrons. The molecule has 0 radical (unpaired) electrons. The highest BCUT2D eigenvalue weighted by atomic mass is 32.2. The number of nitrogens with one attached hydrogen (secondary N) is 1. The summed E-state index contributed by atoms with van der Waals surface area (Å²) in [4.78, 5) is 1.14. The smallest absolute Gasteiger partial charge is 0.149 e. The maximum absolute atomic E-state index is 9.98. The molecule has 4 heteroatoms. The van der Waals surface area contributed by atoms with Crippen molar-refractivity contribution in [2.45, 2.75) is 9.77 Å². The van der Waals surface area contributed by atoms with Crippen LogP contribution in [0.1, 0.15) is 0 Å². The largest absolute Gasteiger partial charge is 0.507 e. The molecule has 1 saturated heterocycles. The van der Waals surface area contributed by atoms with Crippen molar-refractivity contribution in [2.24, 2.45) is 0 Å². The number of thioether (sulfide) groups is 1. The van der Waals surface area contributed by atoms with E-state index in [4.69, 9.17) is 5.73 Å². The van der Waals surface area contributed by atoms with Gasteiger partial charge in [0.2, 0.25) is 0 Å². The van der Waals surface area contributed by atoms with Crippen molar-refractivity contribution in [2.75, 3.05) is 5.73 Å². The van der Waals surface area contributed by atoms with E-state index < -0.39 is 0 Å². The fourth-order valence-electron chi connectivity index (χ4n) is 2.03. The summed E-state index contributed by atoms with van der Waals surface area (Å²) in [7, 11) is 0. The van der Waals surface area contributed by atoms with Crippen LogP contribution in [0.2, 0.25) is 0 Å². The quantitative estimate of drug-likeness (QED) is 0.559. The zero-order chi connectivity index (χ0) is 11.6. The Labute approximate surface area is 102 Å². The number of hydrogen-bond donors (Lipinski definition) is 3. The standard InChI is InChI=1S/C13H10N2OS/c14-8-1-2-10-7(3-8)4-9(5-11(10)16)17-13-6-12(13)15-13/h1-6,15-16H,14H2.